The highest BCUT2D eigenvalue weighted by atomic mass is 16.5. The number of methoxy groups -OCH3 is 1. The van der Waals surface area contributed by atoms with E-state index in [0.717, 1.165) is 19.1 Å². The van der Waals surface area contributed by atoms with Gasteiger partial charge in [-0.1, -0.05) is 30.3 Å². The molecule has 0 unspecified atom stereocenters. The van der Waals surface area contributed by atoms with Crippen LogP contribution in [0.1, 0.15) is 12.0 Å². The zero-order valence-electron chi connectivity index (χ0n) is 12.2. The molecule has 6 heteroatoms. The van der Waals surface area contributed by atoms with Crippen LogP contribution in [-0.2, 0) is 30.5 Å². The van der Waals surface area contributed by atoms with Crippen LogP contribution < -0.4 is 0 Å². The average Bonchev–Trinajstić information content (AvgIpc) is 3.22. The molecule has 1 amide bonds. The van der Waals surface area contributed by atoms with Crippen LogP contribution in [0.4, 0.5) is 0 Å². The van der Waals surface area contributed by atoms with Crippen LogP contribution in [-0.4, -0.2) is 42.4 Å². The third-order valence-electron chi connectivity index (χ3n) is 4.24. The molecule has 22 heavy (non-hydrogen) atoms. The summed E-state index contributed by atoms with van der Waals surface area (Å²) >= 11 is 0. The monoisotopic (exact) mass is 303 g/mol. The van der Waals surface area contributed by atoms with Crippen molar-refractivity contribution in [3.05, 3.63) is 35.9 Å². The molecule has 6 nitrogen and oxygen atoms in total. The molecule has 0 aromatic heterocycles. The lowest BCUT2D eigenvalue weighted by Crippen LogP contribution is -2.47. The number of esters is 2. The first-order chi connectivity index (χ1) is 10.6. The number of rotatable bonds is 3. The minimum absolute atomic E-state index is 0.108. The number of piperidine rings is 1. The summed E-state index contributed by atoms with van der Waals surface area (Å²) < 4.78 is 9.77. The first-order valence-corrected chi connectivity index (χ1v) is 7.21. The highest BCUT2D eigenvalue weighted by Crippen LogP contribution is 2.49. The van der Waals surface area contributed by atoms with Gasteiger partial charge >= 0.3 is 17.8 Å². The van der Waals surface area contributed by atoms with Crippen molar-refractivity contribution in [2.45, 2.75) is 19.1 Å². The van der Waals surface area contributed by atoms with Crippen LogP contribution in [0.15, 0.2) is 30.3 Å². The van der Waals surface area contributed by atoms with E-state index < -0.39 is 23.9 Å². The molecule has 1 heterocycles. The highest BCUT2D eigenvalue weighted by molar-refractivity contribution is 6.32. The summed E-state index contributed by atoms with van der Waals surface area (Å²) in [6.45, 7) is 0.581. The molecule has 2 aliphatic rings. The van der Waals surface area contributed by atoms with E-state index in [-0.39, 0.29) is 12.5 Å². The van der Waals surface area contributed by atoms with Crippen molar-refractivity contribution in [1.82, 2.24) is 4.90 Å². The van der Waals surface area contributed by atoms with Gasteiger partial charge in [0.25, 0.3) is 0 Å². The van der Waals surface area contributed by atoms with E-state index in [1.54, 1.807) is 0 Å². The summed E-state index contributed by atoms with van der Waals surface area (Å²) in [5, 5.41) is 0. The zero-order chi connectivity index (χ0) is 15.7. The number of hydrogen-bond acceptors (Lipinski definition) is 5. The van der Waals surface area contributed by atoms with E-state index in [1.165, 1.54) is 4.90 Å². The fourth-order valence-corrected chi connectivity index (χ4v) is 2.99. The molecule has 1 aromatic carbocycles. The first kappa shape index (κ1) is 14.6. The molecule has 2 fully saturated rings. The van der Waals surface area contributed by atoms with Crippen LogP contribution >= 0.6 is 0 Å². The van der Waals surface area contributed by atoms with Crippen LogP contribution in [0.3, 0.4) is 0 Å². The zero-order valence-corrected chi connectivity index (χ0v) is 12.2. The molecule has 0 N–H and O–H groups in total. The molecule has 3 rings (SSSR count). The van der Waals surface area contributed by atoms with Crippen LogP contribution in [0.5, 0.6) is 0 Å². The van der Waals surface area contributed by atoms with Gasteiger partial charge in [-0.15, -0.1) is 0 Å². The van der Waals surface area contributed by atoms with E-state index in [0.29, 0.717) is 12.5 Å². The maximum atomic E-state index is 12.3. The van der Waals surface area contributed by atoms with E-state index >= 15 is 0 Å². The molecule has 1 aromatic rings. The van der Waals surface area contributed by atoms with E-state index in [9.17, 15) is 14.4 Å². The fraction of sp³-hybridized carbons (Fsp3) is 0.438. The number of fused-ring (bicyclic) bond motifs is 1. The summed E-state index contributed by atoms with van der Waals surface area (Å²) in [4.78, 5) is 37.0. The molecular formula is C16H17NO5. The van der Waals surface area contributed by atoms with Gasteiger partial charge in [-0.3, -0.25) is 4.79 Å². The Kier molecular flexibility index (Phi) is 3.83. The Morgan fingerprint density at radius 1 is 1.23 bits per heavy atom. The number of carbonyl (C=O) groups is 3. The second-order valence-corrected chi connectivity index (χ2v) is 5.65. The Balaban J connectivity index is 1.65. The van der Waals surface area contributed by atoms with Gasteiger partial charge in [0, 0.05) is 6.54 Å². The molecule has 3 atom stereocenters. The number of amides is 1. The van der Waals surface area contributed by atoms with Crippen LogP contribution in [0.2, 0.25) is 0 Å². The van der Waals surface area contributed by atoms with Gasteiger partial charge in [0.05, 0.1) is 7.11 Å². The number of nitrogens with zero attached hydrogens (tertiary/aromatic N) is 1. The number of carbonyl (C=O) groups excluding carboxylic acids is 3. The maximum absolute atomic E-state index is 12.3. The Labute approximate surface area is 128 Å². The second kappa shape index (κ2) is 5.79. The molecule has 1 aliphatic carbocycles. The normalized spacial score (nSPS) is 25.3. The van der Waals surface area contributed by atoms with Gasteiger partial charge in [0.2, 0.25) is 0 Å². The van der Waals surface area contributed by atoms with Crippen molar-refractivity contribution in [2.75, 3.05) is 13.7 Å². The summed E-state index contributed by atoms with van der Waals surface area (Å²) in [6, 6.07) is 8.66. The molecule has 0 bridgehead atoms. The predicted octanol–water partition coefficient (Wildman–Crippen LogP) is 0.750. The number of ether oxygens (including phenoxy) is 2. The molecular weight excluding hydrogens is 286 g/mol. The third-order valence-corrected chi connectivity index (χ3v) is 4.24. The Hall–Kier alpha value is -2.37. The SMILES string of the molecule is COC(=O)C(=O)N1C[C@@H]2C[C@@H]2[C@@H]1C(=O)OCc1ccccc1. The lowest BCUT2D eigenvalue weighted by Gasteiger charge is -2.24. The minimum atomic E-state index is -0.942. The average molecular weight is 303 g/mol. The summed E-state index contributed by atoms with van der Waals surface area (Å²) in [5.41, 5.74) is 0.882. The van der Waals surface area contributed by atoms with E-state index in [1.807, 2.05) is 30.3 Å². The standard InChI is InChI=1S/C16H17NO5/c1-21-16(20)14(18)17-8-11-7-12(11)13(17)15(19)22-9-10-5-3-2-4-6-10/h2-6,11-13H,7-9H2,1H3/t11-,12-,13+/m0/s1. The van der Waals surface area contributed by atoms with Crippen molar-refractivity contribution in [3.63, 3.8) is 0 Å². The highest BCUT2D eigenvalue weighted by Gasteiger charge is 2.58. The van der Waals surface area contributed by atoms with Crippen molar-refractivity contribution < 1.29 is 23.9 Å². The molecule has 1 aliphatic heterocycles. The topological polar surface area (TPSA) is 72.9 Å². The summed E-state index contributed by atoms with van der Waals surface area (Å²) in [5.74, 6) is -1.76. The van der Waals surface area contributed by atoms with Gasteiger partial charge in [-0.2, -0.15) is 0 Å². The molecule has 1 saturated heterocycles. The van der Waals surface area contributed by atoms with Crippen LogP contribution in [0.25, 0.3) is 0 Å². The minimum Gasteiger partial charge on any atom is -0.462 e. The maximum Gasteiger partial charge on any atom is 0.396 e. The number of likely N-dealkylation sites (tertiary alicyclic amines) is 1. The van der Waals surface area contributed by atoms with Gasteiger partial charge in [0.15, 0.2) is 0 Å². The van der Waals surface area contributed by atoms with Crippen molar-refractivity contribution in [2.24, 2.45) is 11.8 Å². The van der Waals surface area contributed by atoms with Crippen molar-refractivity contribution in [1.29, 1.82) is 0 Å². The lowest BCUT2D eigenvalue weighted by molar-refractivity contribution is -0.163. The largest absolute Gasteiger partial charge is 0.462 e. The van der Waals surface area contributed by atoms with Crippen molar-refractivity contribution in [3.8, 4) is 0 Å². The second-order valence-electron chi connectivity index (χ2n) is 5.65. The first-order valence-electron chi connectivity index (χ1n) is 7.21. The molecule has 0 spiro atoms. The van der Waals surface area contributed by atoms with Gasteiger partial charge in [0.1, 0.15) is 12.6 Å². The third kappa shape index (κ3) is 2.68. The Bertz CT molecular complexity index is 600. The quantitative estimate of drug-likeness (QED) is 0.608. The lowest BCUT2D eigenvalue weighted by atomic mass is 10.2. The summed E-state index contributed by atoms with van der Waals surface area (Å²) in [7, 11) is 1.15. The van der Waals surface area contributed by atoms with E-state index in [4.69, 9.17) is 4.74 Å². The van der Waals surface area contributed by atoms with Gasteiger partial charge in [-0.05, 0) is 23.8 Å². The van der Waals surface area contributed by atoms with Crippen molar-refractivity contribution >= 4 is 17.8 Å². The van der Waals surface area contributed by atoms with Gasteiger partial charge in [-0.25, -0.2) is 9.59 Å². The van der Waals surface area contributed by atoms with Gasteiger partial charge < -0.3 is 14.4 Å². The van der Waals surface area contributed by atoms with E-state index in [2.05, 4.69) is 4.74 Å². The smallest absolute Gasteiger partial charge is 0.396 e. The fourth-order valence-electron chi connectivity index (χ4n) is 2.99. The molecule has 116 valence electrons. The van der Waals surface area contributed by atoms with Crippen LogP contribution in [0, 0.1) is 11.8 Å². The molecule has 1 saturated carbocycles. The summed E-state index contributed by atoms with van der Waals surface area (Å²) in [6.07, 6.45) is 0.899. The Morgan fingerprint density at radius 2 is 1.95 bits per heavy atom. The predicted molar refractivity (Wildman–Crippen MR) is 75.4 cm³/mol. The number of hydrogen-bond donors (Lipinski definition) is 0. The number of benzene rings is 1. The molecule has 0 radical (unpaired) electrons. The Morgan fingerprint density at radius 3 is 2.64 bits per heavy atom.